The predicted molar refractivity (Wildman–Crippen MR) is 110 cm³/mol. The third-order valence-corrected chi connectivity index (χ3v) is 3.97. The van der Waals surface area contributed by atoms with Crippen LogP contribution in [0.15, 0.2) is 54.6 Å². The first-order valence-electron chi connectivity index (χ1n) is 8.17. The SMILES string of the molecule is Br.CN(C)CCNC(=O)c1cccc2ccc(-c3ccc(O)cc3)nc12. The van der Waals surface area contributed by atoms with E-state index in [0.717, 1.165) is 23.2 Å². The summed E-state index contributed by atoms with van der Waals surface area (Å²) in [6.07, 6.45) is 0. The highest BCUT2D eigenvalue weighted by Crippen LogP contribution is 2.24. The zero-order chi connectivity index (χ0) is 17.8. The van der Waals surface area contributed by atoms with Gasteiger partial charge in [-0.15, -0.1) is 17.0 Å². The highest BCUT2D eigenvalue weighted by Gasteiger charge is 2.12. The van der Waals surface area contributed by atoms with Crippen molar-refractivity contribution in [2.45, 2.75) is 0 Å². The molecule has 3 rings (SSSR count). The van der Waals surface area contributed by atoms with Crippen molar-refractivity contribution >= 4 is 33.8 Å². The zero-order valence-corrected chi connectivity index (χ0v) is 16.5. The van der Waals surface area contributed by atoms with Gasteiger partial charge in [0.1, 0.15) is 5.75 Å². The van der Waals surface area contributed by atoms with E-state index in [1.165, 1.54) is 0 Å². The van der Waals surface area contributed by atoms with E-state index in [2.05, 4.69) is 10.3 Å². The summed E-state index contributed by atoms with van der Waals surface area (Å²) < 4.78 is 0. The lowest BCUT2D eigenvalue weighted by Crippen LogP contribution is -2.31. The number of benzene rings is 2. The van der Waals surface area contributed by atoms with Crippen molar-refractivity contribution in [2.24, 2.45) is 0 Å². The Hall–Kier alpha value is -2.44. The Kier molecular flexibility index (Phi) is 6.71. The number of nitrogens with one attached hydrogen (secondary N) is 1. The lowest BCUT2D eigenvalue weighted by atomic mass is 10.1. The first kappa shape index (κ1) is 19.9. The zero-order valence-electron chi connectivity index (χ0n) is 14.8. The van der Waals surface area contributed by atoms with Crippen LogP contribution in [0.25, 0.3) is 22.2 Å². The second-order valence-electron chi connectivity index (χ2n) is 6.18. The fourth-order valence-electron chi connectivity index (χ4n) is 2.61. The van der Waals surface area contributed by atoms with Crippen LogP contribution in [0.1, 0.15) is 10.4 Å². The van der Waals surface area contributed by atoms with Crippen molar-refractivity contribution in [3.63, 3.8) is 0 Å². The number of hydrogen-bond donors (Lipinski definition) is 2. The minimum atomic E-state index is -0.122. The van der Waals surface area contributed by atoms with Crippen LogP contribution in [-0.4, -0.2) is 48.1 Å². The number of carbonyl (C=O) groups is 1. The molecule has 6 heteroatoms. The van der Waals surface area contributed by atoms with E-state index in [4.69, 9.17) is 0 Å². The van der Waals surface area contributed by atoms with Gasteiger partial charge in [0, 0.05) is 24.0 Å². The predicted octanol–water partition coefficient (Wildman–Crippen LogP) is 3.48. The van der Waals surface area contributed by atoms with Crippen LogP contribution < -0.4 is 5.32 Å². The Morgan fingerprint density at radius 3 is 2.50 bits per heavy atom. The largest absolute Gasteiger partial charge is 0.508 e. The molecule has 3 aromatic rings. The van der Waals surface area contributed by atoms with E-state index in [1.54, 1.807) is 18.2 Å². The number of halogens is 1. The molecule has 0 spiro atoms. The van der Waals surface area contributed by atoms with Crippen molar-refractivity contribution < 1.29 is 9.90 Å². The number of amides is 1. The number of phenolic OH excluding ortho intramolecular Hbond substituents is 1. The Morgan fingerprint density at radius 2 is 1.81 bits per heavy atom. The van der Waals surface area contributed by atoms with Crippen LogP contribution in [0, 0.1) is 0 Å². The molecule has 0 fully saturated rings. The van der Waals surface area contributed by atoms with E-state index in [9.17, 15) is 9.90 Å². The number of nitrogens with zero attached hydrogens (tertiary/aromatic N) is 2. The van der Waals surface area contributed by atoms with Crippen LogP contribution in [0.4, 0.5) is 0 Å². The number of likely N-dealkylation sites (N-methyl/N-ethyl adjacent to an activating group) is 1. The highest BCUT2D eigenvalue weighted by molar-refractivity contribution is 8.93. The molecule has 0 saturated heterocycles. The van der Waals surface area contributed by atoms with Crippen molar-refractivity contribution in [2.75, 3.05) is 27.2 Å². The van der Waals surface area contributed by atoms with Gasteiger partial charge in [-0.3, -0.25) is 4.79 Å². The van der Waals surface area contributed by atoms with Crippen LogP contribution in [0.2, 0.25) is 0 Å². The fraction of sp³-hybridized carbons (Fsp3) is 0.200. The van der Waals surface area contributed by atoms with E-state index < -0.39 is 0 Å². The third kappa shape index (κ3) is 4.59. The van der Waals surface area contributed by atoms with Crippen molar-refractivity contribution in [1.82, 2.24) is 15.2 Å². The number of aromatic hydroxyl groups is 1. The second-order valence-corrected chi connectivity index (χ2v) is 6.18. The molecule has 0 aliphatic rings. The molecule has 0 atom stereocenters. The van der Waals surface area contributed by atoms with Crippen LogP contribution in [0.5, 0.6) is 5.75 Å². The van der Waals surface area contributed by atoms with Crippen LogP contribution in [0.3, 0.4) is 0 Å². The van der Waals surface area contributed by atoms with Crippen LogP contribution in [-0.2, 0) is 0 Å². The minimum Gasteiger partial charge on any atom is -0.508 e. The van der Waals surface area contributed by atoms with Crippen molar-refractivity contribution in [1.29, 1.82) is 0 Å². The summed E-state index contributed by atoms with van der Waals surface area (Å²) >= 11 is 0. The lowest BCUT2D eigenvalue weighted by Gasteiger charge is -2.12. The van der Waals surface area contributed by atoms with Gasteiger partial charge < -0.3 is 15.3 Å². The molecule has 0 bridgehead atoms. The van der Waals surface area contributed by atoms with Gasteiger partial charge in [-0.05, 0) is 50.5 Å². The number of fused-ring (bicyclic) bond motifs is 1. The minimum absolute atomic E-state index is 0. The number of pyridine rings is 1. The summed E-state index contributed by atoms with van der Waals surface area (Å²) in [6, 6.07) is 16.4. The Balaban J connectivity index is 0.00000243. The molecule has 26 heavy (non-hydrogen) atoms. The molecular weight excluding hydrogens is 394 g/mol. The van der Waals surface area contributed by atoms with E-state index in [1.807, 2.05) is 55.4 Å². The number of carbonyl (C=O) groups excluding carboxylic acids is 1. The molecule has 136 valence electrons. The maximum Gasteiger partial charge on any atom is 0.253 e. The smallest absolute Gasteiger partial charge is 0.253 e. The van der Waals surface area contributed by atoms with Gasteiger partial charge in [0.15, 0.2) is 0 Å². The average molecular weight is 416 g/mol. The molecular formula is C20H22BrN3O2. The highest BCUT2D eigenvalue weighted by atomic mass is 79.9. The number of phenols is 1. The molecule has 0 aliphatic heterocycles. The standard InChI is InChI=1S/C20H21N3O2.BrH/c1-23(2)13-12-21-20(25)17-5-3-4-15-8-11-18(22-19(15)17)14-6-9-16(24)10-7-14;/h3-11,24H,12-13H2,1-2H3,(H,21,25);1H. The van der Waals surface area contributed by atoms with Gasteiger partial charge in [0.2, 0.25) is 0 Å². The Morgan fingerprint density at radius 1 is 1.08 bits per heavy atom. The molecule has 1 aromatic heterocycles. The molecule has 0 radical (unpaired) electrons. The second kappa shape index (κ2) is 8.78. The topological polar surface area (TPSA) is 65.5 Å². The first-order valence-corrected chi connectivity index (χ1v) is 8.17. The molecule has 0 aliphatic carbocycles. The van der Waals surface area contributed by atoms with Crippen LogP contribution >= 0.6 is 17.0 Å². The molecule has 1 amide bonds. The van der Waals surface area contributed by atoms with Crippen molar-refractivity contribution in [3.05, 3.63) is 60.2 Å². The lowest BCUT2D eigenvalue weighted by molar-refractivity contribution is 0.0952. The summed E-state index contributed by atoms with van der Waals surface area (Å²) in [6.45, 7) is 1.36. The van der Waals surface area contributed by atoms with Gasteiger partial charge in [-0.25, -0.2) is 4.98 Å². The molecule has 2 N–H and O–H groups in total. The maximum absolute atomic E-state index is 12.5. The normalized spacial score (nSPS) is 10.6. The van der Waals surface area contributed by atoms with Gasteiger partial charge in [0.25, 0.3) is 5.91 Å². The van der Waals surface area contributed by atoms with Gasteiger partial charge in [0.05, 0.1) is 16.8 Å². The summed E-state index contributed by atoms with van der Waals surface area (Å²) in [5.74, 6) is 0.0910. The molecule has 5 nitrogen and oxygen atoms in total. The first-order chi connectivity index (χ1) is 12.0. The van der Waals surface area contributed by atoms with Crippen molar-refractivity contribution in [3.8, 4) is 17.0 Å². The maximum atomic E-state index is 12.5. The van der Waals surface area contributed by atoms with E-state index in [0.29, 0.717) is 17.6 Å². The summed E-state index contributed by atoms with van der Waals surface area (Å²) in [5, 5.41) is 13.3. The monoisotopic (exact) mass is 415 g/mol. The van der Waals surface area contributed by atoms with E-state index >= 15 is 0 Å². The van der Waals surface area contributed by atoms with Gasteiger partial charge in [-0.2, -0.15) is 0 Å². The average Bonchev–Trinajstić information content (AvgIpc) is 2.61. The van der Waals surface area contributed by atoms with E-state index in [-0.39, 0.29) is 28.6 Å². The number of aromatic nitrogens is 1. The molecule has 0 saturated carbocycles. The molecule has 0 unspecified atom stereocenters. The van der Waals surface area contributed by atoms with Gasteiger partial charge in [-0.1, -0.05) is 18.2 Å². The Labute approximate surface area is 163 Å². The number of rotatable bonds is 5. The molecule has 2 aromatic carbocycles. The fourth-order valence-corrected chi connectivity index (χ4v) is 2.61. The quantitative estimate of drug-likeness (QED) is 0.669. The Bertz CT molecular complexity index is 895. The number of para-hydroxylation sites is 1. The number of hydrogen-bond acceptors (Lipinski definition) is 4. The summed E-state index contributed by atoms with van der Waals surface area (Å²) in [7, 11) is 3.94. The van der Waals surface area contributed by atoms with Gasteiger partial charge >= 0.3 is 0 Å². The third-order valence-electron chi connectivity index (χ3n) is 3.97. The summed E-state index contributed by atoms with van der Waals surface area (Å²) in [4.78, 5) is 19.2. The molecule has 1 heterocycles. The summed E-state index contributed by atoms with van der Waals surface area (Å²) in [5.41, 5.74) is 2.90.